The molecule has 3 aromatic carbocycles. The molecule has 1 heterocycles. The fourth-order valence-electron chi connectivity index (χ4n) is 2.94. The van der Waals surface area contributed by atoms with Crippen LogP contribution in [0.15, 0.2) is 102 Å². The summed E-state index contributed by atoms with van der Waals surface area (Å²) in [5.74, 6) is 0.330. The number of hydrogen-bond donors (Lipinski definition) is 1. The van der Waals surface area contributed by atoms with Gasteiger partial charge in [-0.05, 0) is 29.8 Å². The molecule has 0 saturated heterocycles. The van der Waals surface area contributed by atoms with E-state index in [9.17, 15) is 8.42 Å². The van der Waals surface area contributed by atoms with E-state index in [4.69, 9.17) is 0 Å². The molecular weight excluding hydrogens is 370 g/mol. The number of aromatic nitrogens is 2. The Morgan fingerprint density at radius 3 is 2.00 bits per heavy atom. The van der Waals surface area contributed by atoms with Gasteiger partial charge in [-0.2, -0.15) is 0 Å². The van der Waals surface area contributed by atoms with E-state index in [0.29, 0.717) is 12.2 Å². The number of hydrogen-bond acceptors (Lipinski definition) is 3. The van der Waals surface area contributed by atoms with Gasteiger partial charge in [0.1, 0.15) is 0 Å². The van der Waals surface area contributed by atoms with Crippen LogP contribution in [-0.4, -0.2) is 18.2 Å². The van der Waals surface area contributed by atoms with Gasteiger partial charge in [-0.15, -0.1) is 5.10 Å². The van der Waals surface area contributed by atoms with E-state index in [0.717, 1.165) is 16.8 Å². The number of sulfonamides is 1. The molecule has 28 heavy (non-hydrogen) atoms. The summed E-state index contributed by atoms with van der Waals surface area (Å²) in [6.07, 6.45) is 2.44. The van der Waals surface area contributed by atoms with E-state index in [2.05, 4.69) is 9.82 Å². The number of para-hydroxylation sites is 1. The third-order valence-corrected chi connectivity index (χ3v) is 5.69. The second kappa shape index (κ2) is 7.70. The monoisotopic (exact) mass is 389 g/mol. The molecule has 0 unspecified atom stereocenters. The van der Waals surface area contributed by atoms with Crippen molar-refractivity contribution in [3.05, 3.63) is 108 Å². The van der Waals surface area contributed by atoms with Crippen LogP contribution in [0.5, 0.6) is 0 Å². The van der Waals surface area contributed by atoms with Crippen molar-refractivity contribution in [2.24, 2.45) is 0 Å². The Hall–Kier alpha value is -3.38. The fourth-order valence-corrected chi connectivity index (χ4v) is 4.00. The normalized spacial score (nSPS) is 11.3. The molecule has 0 spiro atoms. The highest BCUT2D eigenvalue weighted by molar-refractivity contribution is 7.92. The zero-order chi connectivity index (χ0) is 19.4. The molecule has 0 aliphatic heterocycles. The third-order valence-electron chi connectivity index (χ3n) is 4.33. The van der Waals surface area contributed by atoms with Crippen molar-refractivity contribution in [1.82, 2.24) is 9.78 Å². The van der Waals surface area contributed by atoms with Crippen molar-refractivity contribution in [1.29, 1.82) is 0 Å². The van der Waals surface area contributed by atoms with Crippen LogP contribution in [0.4, 0.5) is 5.82 Å². The van der Waals surface area contributed by atoms with E-state index in [-0.39, 0.29) is 4.90 Å². The lowest BCUT2D eigenvalue weighted by Crippen LogP contribution is -2.14. The Kier molecular flexibility index (Phi) is 4.95. The smallest absolute Gasteiger partial charge is 0.262 e. The Morgan fingerprint density at radius 1 is 0.786 bits per heavy atom. The zero-order valence-electron chi connectivity index (χ0n) is 15.1. The molecule has 4 aromatic rings. The summed E-state index contributed by atoms with van der Waals surface area (Å²) in [4.78, 5) is 0.204. The van der Waals surface area contributed by atoms with Crippen LogP contribution in [0, 0.1) is 0 Å². The van der Waals surface area contributed by atoms with Crippen molar-refractivity contribution in [3.8, 4) is 5.69 Å². The molecule has 0 fully saturated rings. The Morgan fingerprint density at radius 2 is 1.36 bits per heavy atom. The van der Waals surface area contributed by atoms with Crippen molar-refractivity contribution in [2.45, 2.75) is 11.3 Å². The lowest BCUT2D eigenvalue weighted by Gasteiger charge is -2.07. The maximum Gasteiger partial charge on any atom is 0.263 e. The SMILES string of the molecule is O=S(=O)(Nc1nn(-c2ccccc2)cc1Cc1ccccc1)c1ccccc1. The molecule has 140 valence electrons. The lowest BCUT2D eigenvalue weighted by molar-refractivity contribution is 0.601. The lowest BCUT2D eigenvalue weighted by atomic mass is 10.1. The van der Waals surface area contributed by atoms with Crippen LogP contribution in [0.25, 0.3) is 5.69 Å². The number of benzene rings is 3. The van der Waals surface area contributed by atoms with Gasteiger partial charge in [0.05, 0.1) is 10.6 Å². The summed E-state index contributed by atoms with van der Waals surface area (Å²) in [5, 5.41) is 4.51. The number of anilines is 1. The van der Waals surface area contributed by atoms with Crippen molar-refractivity contribution < 1.29 is 8.42 Å². The minimum atomic E-state index is -3.72. The van der Waals surface area contributed by atoms with Gasteiger partial charge in [0.25, 0.3) is 10.0 Å². The molecule has 0 saturated carbocycles. The summed E-state index contributed by atoms with van der Waals surface area (Å²) < 4.78 is 29.9. The van der Waals surface area contributed by atoms with E-state index < -0.39 is 10.0 Å². The highest BCUT2D eigenvalue weighted by atomic mass is 32.2. The molecule has 5 nitrogen and oxygen atoms in total. The van der Waals surface area contributed by atoms with Gasteiger partial charge >= 0.3 is 0 Å². The Balaban J connectivity index is 1.73. The van der Waals surface area contributed by atoms with Crippen molar-refractivity contribution in [2.75, 3.05) is 4.72 Å². The molecule has 0 atom stereocenters. The average Bonchev–Trinajstić information content (AvgIpc) is 3.12. The second-order valence-electron chi connectivity index (χ2n) is 6.36. The third kappa shape index (κ3) is 3.97. The number of nitrogens with one attached hydrogen (secondary N) is 1. The van der Waals surface area contributed by atoms with Gasteiger partial charge in [0, 0.05) is 18.2 Å². The highest BCUT2D eigenvalue weighted by Gasteiger charge is 2.19. The molecule has 0 aliphatic carbocycles. The van der Waals surface area contributed by atoms with E-state index >= 15 is 0 Å². The van der Waals surface area contributed by atoms with Crippen LogP contribution in [0.3, 0.4) is 0 Å². The van der Waals surface area contributed by atoms with Gasteiger partial charge < -0.3 is 0 Å². The van der Waals surface area contributed by atoms with E-state index in [1.165, 1.54) is 0 Å². The maximum absolute atomic E-state index is 12.8. The molecule has 0 amide bonds. The number of nitrogens with zero attached hydrogens (tertiary/aromatic N) is 2. The fraction of sp³-hybridized carbons (Fsp3) is 0.0455. The van der Waals surface area contributed by atoms with Crippen molar-refractivity contribution in [3.63, 3.8) is 0 Å². The molecule has 0 aliphatic rings. The van der Waals surface area contributed by atoms with Crippen molar-refractivity contribution >= 4 is 15.8 Å². The summed E-state index contributed by atoms with van der Waals surface area (Å²) in [6, 6.07) is 27.8. The van der Waals surface area contributed by atoms with Crippen LogP contribution in [0.1, 0.15) is 11.1 Å². The molecule has 0 bridgehead atoms. The largest absolute Gasteiger partial charge is 0.263 e. The second-order valence-corrected chi connectivity index (χ2v) is 8.05. The van der Waals surface area contributed by atoms with Gasteiger partial charge in [-0.3, -0.25) is 4.72 Å². The maximum atomic E-state index is 12.8. The van der Waals surface area contributed by atoms with E-state index in [1.54, 1.807) is 35.0 Å². The van der Waals surface area contributed by atoms with Crippen LogP contribution < -0.4 is 4.72 Å². The van der Waals surface area contributed by atoms with Gasteiger partial charge in [0.2, 0.25) is 0 Å². The average molecular weight is 389 g/mol. The van der Waals surface area contributed by atoms with Crippen LogP contribution in [-0.2, 0) is 16.4 Å². The molecule has 4 rings (SSSR count). The van der Waals surface area contributed by atoms with Gasteiger partial charge in [-0.1, -0.05) is 66.7 Å². The Labute approximate surface area is 164 Å². The quantitative estimate of drug-likeness (QED) is 0.536. The molecule has 6 heteroatoms. The minimum absolute atomic E-state index is 0.204. The van der Waals surface area contributed by atoms with E-state index in [1.807, 2.05) is 66.9 Å². The predicted octanol–water partition coefficient (Wildman–Crippen LogP) is 4.26. The predicted molar refractivity (Wildman–Crippen MR) is 110 cm³/mol. The highest BCUT2D eigenvalue weighted by Crippen LogP contribution is 2.23. The summed E-state index contributed by atoms with van der Waals surface area (Å²) in [6.45, 7) is 0. The molecular formula is C22H19N3O2S. The van der Waals surface area contributed by atoms with Crippen LogP contribution in [0.2, 0.25) is 0 Å². The first kappa shape index (κ1) is 18.0. The molecule has 1 N–H and O–H groups in total. The summed E-state index contributed by atoms with van der Waals surface area (Å²) in [5.41, 5.74) is 2.74. The van der Waals surface area contributed by atoms with Gasteiger partial charge in [0.15, 0.2) is 5.82 Å². The first-order valence-corrected chi connectivity index (χ1v) is 10.4. The standard InChI is InChI=1S/C22H19N3O2S/c26-28(27,21-14-8-3-9-15-21)24-22-19(16-18-10-4-1-5-11-18)17-25(23-22)20-12-6-2-7-13-20/h1-15,17H,16H2,(H,23,24). The molecule has 1 aromatic heterocycles. The van der Waals surface area contributed by atoms with Crippen LogP contribution >= 0.6 is 0 Å². The number of rotatable bonds is 6. The summed E-state index contributed by atoms with van der Waals surface area (Å²) in [7, 11) is -3.72. The first-order chi connectivity index (χ1) is 13.6. The Bertz CT molecular complexity index is 1160. The zero-order valence-corrected chi connectivity index (χ0v) is 15.9. The summed E-state index contributed by atoms with van der Waals surface area (Å²) >= 11 is 0. The minimum Gasteiger partial charge on any atom is -0.262 e. The first-order valence-electron chi connectivity index (χ1n) is 8.87. The molecule has 0 radical (unpaired) electrons. The topological polar surface area (TPSA) is 64.0 Å². The van der Waals surface area contributed by atoms with Gasteiger partial charge in [-0.25, -0.2) is 13.1 Å².